The van der Waals surface area contributed by atoms with Crippen LogP contribution in [0.3, 0.4) is 0 Å². The number of rotatable bonds is 5. The first-order valence-corrected chi connectivity index (χ1v) is 6.09. The summed E-state index contributed by atoms with van der Waals surface area (Å²) >= 11 is 5.87. The van der Waals surface area contributed by atoms with Gasteiger partial charge in [0.2, 0.25) is 0 Å². The molecule has 18 heavy (non-hydrogen) atoms. The van der Waals surface area contributed by atoms with E-state index in [9.17, 15) is 9.59 Å². The van der Waals surface area contributed by atoms with Crippen LogP contribution >= 0.6 is 11.6 Å². The zero-order valence-electron chi connectivity index (χ0n) is 10.6. The van der Waals surface area contributed by atoms with Crippen LogP contribution in [-0.4, -0.2) is 28.1 Å². The van der Waals surface area contributed by atoms with Crippen molar-refractivity contribution in [1.82, 2.24) is 9.88 Å². The molecule has 1 unspecified atom stereocenters. The summed E-state index contributed by atoms with van der Waals surface area (Å²) in [5.74, 6) is -1.87. The van der Waals surface area contributed by atoms with Gasteiger partial charge in [-0.1, -0.05) is 18.5 Å². The van der Waals surface area contributed by atoms with E-state index in [1.165, 1.54) is 6.92 Å². The van der Waals surface area contributed by atoms with E-state index in [-0.39, 0.29) is 18.5 Å². The highest BCUT2D eigenvalue weighted by Gasteiger charge is 2.17. The van der Waals surface area contributed by atoms with E-state index in [0.717, 1.165) is 0 Å². The first-order chi connectivity index (χ1) is 8.32. The molecule has 0 aliphatic carbocycles. The Kier molecular flexibility index (Phi) is 4.78. The van der Waals surface area contributed by atoms with E-state index in [1.807, 2.05) is 13.8 Å². The van der Waals surface area contributed by atoms with Gasteiger partial charge in [0, 0.05) is 18.8 Å². The number of nitrogens with zero attached hydrogens (tertiary/aromatic N) is 1. The first-order valence-electron chi connectivity index (χ1n) is 5.71. The molecular weight excluding hydrogens is 256 g/mol. The third-order valence-corrected chi connectivity index (χ3v) is 2.80. The normalized spacial score (nSPS) is 12.5. The van der Waals surface area contributed by atoms with Crippen molar-refractivity contribution in [2.24, 2.45) is 5.92 Å². The number of halogens is 1. The molecule has 0 aromatic carbocycles. The monoisotopic (exact) mass is 272 g/mol. The Morgan fingerprint density at radius 1 is 1.44 bits per heavy atom. The second-order valence-corrected chi connectivity index (χ2v) is 4.93. The Hall–Kier alpha value is -1.49. The Balaban J connectivity index is 2.75. The molecule has 0 saturated carbocycles. The fraction of sp³-hybridized carbons (Fsp3) is 0.500. The van der Waals surface area contributed by atoms with E-state index in [0.29, 0.717) is 10.7 Å². The number of hydrogen-bond donors (Lipinski definition) is 2. The van der Waals surface area contributed by atoms with Crippen LogP contribution in [0.5, 0.6) is 0 Å². The molecule has 5 nitrogen and oxygen atoms in total. The standard InChI is InChI=1S/C12H17ClN2O3/c1-7(2)15-6-9(13)4-10(15)11(16)14-5-8(3)12(17)18/h4,6-8H,5H2,1-3H3,(H,14,16)(H,17,18). The molecule has 1 aromatic heterocycles. The maximum atomic E-state index is 11.9. The molecular formula is C12H17ClN2O3. The lowest BCUT2D eigenvalue weighted by Gasteiger charge is -2.13. The van der Waals surface area contributed by atoms with E-state index < -0.39 is 11.9 Å². The quantitative estimate of drug-likeness (QED) is 0.863. The second-order valence-electron chi connectivity index (χ2n) is 4.49. The van der Waals surface area contributed by atoms with Crippen LogP contribution in [0.1, 0.15) is 37.3 Å². The van der Waals surface area contributed by atoms with Gasteiger partial charge >= 0.3 is 5.97 Å². The maximum absolute atomic E-state index is 11.9. The van der Waals surface area contributed by atoms with Crippen molar-refractivity contribution in [3.8, 4) is 0 Å². The minimum atomic E-state index is -0.937. The van der Waals surface area contributed by atoms with Crippen molar-refractivity contribution in [2.45, 2.75) is 26.8 Å². The topological polar surface area (TPSA) is 71.3 Å². The Morgan fingerprint density at radius 3 is 2.56 bits per heavy atom. The Morgan fingerprint density at radius 2 is 2.06 bits per heavy atom. The van der Waals surface area contributed by atoms with Crippen LogP contribution in [-0.2, 0) is 4.79 Å². The maximum Gasteiger partial charge on any atom is 0.308 e. The lowest BCUT2D eigenvalue weighted by molar-refractivity contribution is -0.140. The summed E-state index contributed by atoms with van der Waals surface area (Å²) in [5, 5.41) is 11.8. The Labute approximate surface area is 111 Å². The highest BCUT2D eigenvalue weighted by atomic mass is 35.5. The average Bonchev–Trinajstić information content (AvgIpc) is 2.67. The van der Waals surface area contributed by atoms with Gasteiger partial charge in [0.05, 0.1) is 10.9 Å². The van der Waals surface area contributed by atoms with Gasteiger partial charge in [0.1, 0.15) is 5.69 Å². The smallest absolute Gasteiger partial charge is 0.308 e. The lowest BCUT2D eigenvalue weighted by Crippen LogP contribution is -2.32. The summed E-state index contributed by atoms with van der Waals surface area (Å²) < 4.78 is 1.75. The number of amides is 1. The molecule has 100 valence electrons. The van der Waals surface area contributed by atoms with Crippen LogP contribution in [0, 0.1) is 5.92 Å². The van der Waals surface area contributed by atoms with Crippen LogP contribution in [0.2, 0.25) is 5.02 Å². The van der Waals surface area contributed by atoms with Gasteiger partial charge in [-0.15, -0.1) is 0 Å². The van der Waals surface area contributed by atoms with Crippen molar-refractivity contribution < 1.29 is 14.7 Å². The molecule has 6 heteroatoms. The molecule has 1 rings (SSSR count). The molecule has 1 aromatic rings. The fourth-order valence-corrected chi connectivity index (χ4v) is 1.69. The van der Waals surface area contributed by atoms with Crippen LogP contribution < -0.4 is 5.32 Å². The number of aromatic nitrogens is 1. The highest BCUT2D eigenvalue weighted by molar-refractivity contribution is 6.31. The summed E-state index contributed by atoms with van der Waals surface area (Å²) in [7, 11) is 0. The lowest BCUT2D eigenvalue weighted by atomic mass is 10.2. The number of carboxylic acid groups (broad SMARTS) is 1. The van der Waals surface area contributed by atoms with Gasteiger partial charge in [-0.25, -0.2) is 0 Å². The first kappa shape index (κ1) is 14.6. The van der Waals surface area contributed by atoms with E-state index in [4.69, 9.17) is 16.7 Å². The summed E-state index contributed by atoms with van der Waals surface area (Å²) in [6, 6.07) is 1.68. The predicted molar refractivity (Wildman–Crippen MR) is 69.0 cm³/mol. The molecule has 0 saturated heterocycles. The number of nitrogens with one attached hydrogen (secondary N) is 1. The summed E-state index contributed by atoms with van der Waals surface area (Å²) in [4.78, 5) is 22.6. The third-order valence-electron chi connectivity index (χ3n) is 2.59. The summed E-state index contributed by atoms with van der Waals surface area (Å²) in [6.45, 7) is 5.51. The predicted octanol–water partition coefficient (Wildman–Crippen LogP) is 2.17. The molecule has 2 N–H and O–H groups in total. The van der Waals surface area contributed by atoms with Crippen molar-refractivity contribution in [3.05, 3.63) is 23.0 Å². The molecule has 1 heterocycles. The minimum Gasteiger partial charge on any atom is -0.481 e. The van der Waals surface area contributed by atoms with Gasteiger partial charge in [0.15, 0.2) is 0 Å². The number of aliphatic carboxylic acids is 1. The van der Waals surface area contributed by atoms with Gasteiger partial charge in [-0.3, -0.25) is 9.59 Å². The van der Waals surface area contributed by atoms with E-state index in [2.05, 4.69) is 5.32 Å². The molecule has 0 aliphatic rings. The molecule has 0 bridgehead atoms. The number of carboxylic acids is 1. The second kappa shape index (κ2) is 5.91. The van der Waals surface area contributed by atoms with Crippen LogP contribution in [0.25, 0.3) is 0 Å². The van der Waals surface area contributed by atoms with Gasteiger partial charge in [0.25, 0.3) is 5.91 Å². The van der Waals surface area contributed by atoms with Gasteiger partial charge in [-0.2, -0.15) is 0 Å². The number of carbonyl (C=O) groups is 2. The molecule has 0 aliphatic heterocycles. The molecule has 0 fully saturated rings. The van der Waals surface area contributed by atoms with Crippen LogP contribution in [0.15, 0.2) is 12.3 Å². The van der Waals surface area contributed by atoms with Crippen molar-refractivity contribution in [1.29, 1.82) is 0 Å². The van der Waals surface area contributed by atoms with Crippen LogP contribution in [0.4, 0.5) is 0 Å². The Bertz CT molecular complexity index is 454. The SMILES string of the molecule is CC(CNC(=O)c1cc(Cl)cn1C(C)C)C(=O)O. The number of hydrogen-bond acceptors (Lipinski definition) is 2. The molecule has 0 radical (unpaired) electrons. The molecule has 1 amide bonds. The largest absolute Gasteiger partial charge is 0.481 e. The molecule has 1 atom stereocenters. The van der Waals surface area contributed by atoms with Crippen molar-refractivity contribution in [3.63, 3.8) is 0 Å². The zero-order chi connectivity index (χ0) is 13.9. The van der Waals surface area contributed by atoms with Crippen molar-refractivity contribution >= 4 is 23.5 Å². The van der Waals surface area contributed by atoms with E-state index in [1.54, 1.807) is 16.8 Å². The highest BCUT2D eigenvalue weighted by Crippen LogP contribution is 2.18. The van der Waals surface area contributed by atoms with Gasteiger partial charge in [-0.05, 0) is 19.9 Å². The van der Waals surface area contributed by atoms with Crippen molar-refractivity contribution in [2.75, 3.05) is 6.54 Å². The number of carbonyl (C=O) groups excluding carboxylic acids is 1. The third kappa shape index (κ3) is 3.50. The zero-order valence-corrected chi connectivity index (χ0v) is 11.4. The summed E-state index contributed by atoms with van der Waals surface area (Å²) in [5.41, 5.74) is 0.438. The van der Waals surface area contributed by atoms with Gasteiger partial charge < -0.3 is 15.0 Å². The molecule has 0 spiro atoms. The fourth-order valence-electron chi connectivity index (χ4n) is 1.48. The average molecular weight is 273 g/mol. The van der Waals surface area contributed by atoms with E-state index >= 15 is 0 Å². The minimum absolute atomic E-state index is 0.0923. The summed E-state index contributed by atoms with van der Waals surface area (Å²) in [6.07, 6.45) is 1.68.